The molecule has 2 rings (SSSR count). The van der Waals surface area contributed by atoms with Crippen LogP contribution in [0.25, 0.3) is 0 Å². The summed E-state index contributed by atoms with van der Waals surface area (Å²) in [4.78, 5) is 11.2. The van der Waals surface area contributed by atoms with Crippen LogP contribution >= 0.6 is 0 Å². The van der Waals surface area contributed by atoms with Crippen LogP contribution in [0, 0.1) is 0 Å². The third kappa shape index (κ3) is 3.17. The Labute approximate surface area is 112 Å². The summed E-state index contributed by atoms with van der Waals surface area (Å²) in [7, 11) is 0. The third-order valence-corrected chi connectivity index (χ3v) is 3.16. The lowest BCUT2D eigenvalue weighted by atomic mass is 10.1. The zero-order chi connectivity index (χ0) is 13.8. The highest BCUT2D eigenvalue weighted by Gasteiger charge is 2.23. The van der Waals surface area contributed by atoms with Crippen molar-refractivity contribution >= 4 is 5.97 Å². The quantitative estimate of drug-likeness (QED) is 0.780. The molecule has 0 amide bonds. The molecule has 0 radical (unpaired) electrons. The fourth-order valence-electron chi connectivity index (χ4n) is 2.29. The lowest BCUT2D eigenvalue weighted by molar-refractivity contribution is -0.143. The first-order chi connectivity index (χ1) is 9.11. The van der Waals surface area contributed by atoms with Gasteiger partial charge in [0.15, 0.2) is 11.5 Å². The van der Waals surface area contributed by atoms with Gasteiger partial charge in [-0.2, -0.15) is 0 Å². The fraction of sp³-hybridized carbons (Fsp3) is 0.500. The molecule has 19 heavy (non-hydrogen) atoms. The molecular formula is C14H19NO4. The van der Waals surface area contributed by atoms with Crippen LogP contribution < -0.4 is 10.5 Å². The zero-order valence-electron chi connectivity index (χ0n) is 11.0. The number of benzene rings is 1. The minimum atomic E-state index is -0.301. The molecule has 0 aliphatic heterocycles. The predicted octanol–water partition coefficient (Wildman–Crippen LogP) is 1.15. The Kier molecular flexibility index (Phi) is 4.27. The van der Waals surface area contributed by atoms with E-state index in [4.69, 9.17) is 15.2 Å². The van der Waals surface area contributed by atoms with E-state index < -0.39 is 0 Å². The Morgan fingerprint density at radius 2 is 2.26 bits per heavy atom. The Balaban J connectivity index is 1.95. The molecule has 1 aliphatic carbocycles. The summed E-state index contributed by atoms with van der Waals surface area (Å²) in [5.74, 6) is 0.247. The summed E-state index contributed by atoms with van der Waals surface area (Å²) < 4.78 is 10.2. The highest BCUT2D eigenvalue weighted by atomic mass is 16.5. The second kappa shape index (κ2) is 5.93. The average Bonchev–Trinajstić information content (AvgIpc) is 2.74. The molecule has 0 saturated heterocycles. The maximum Gasteiger partial charge on any atom is 0.309 e. The summed E-state index contributed by atoms with van der Waals surface area (Å²) in [6.07, 6.45) is 1.62. The molecule has 1 atom stereocenters. The maximum absolute atomic E-state index is 11.2. The van der Waals surface area contributed by atoms with Gasteiger partial charge in [-0.05, 0) is 31.4 Å². The van der Waals surface area contributed by atoms with Gasteiger partial charge in [-0.3, -0.25) is 4.79 Å². The fourth-order valence-corrected chi connectivity index (χ4v) is 2.29. The van der Waals surface area contributed by atoms with Gasteiger partial charge in [0, 0.05) is 11.6 Å². The highest BCUT2D eigenvalue weighted by Crippen LogP contribution is 2.37. The Bertz CT molecular complexity index is 473. The van der Waals surface area contributed by atoms with Gasteiger partial charge >= 0.3 is 5.97 Å². The number of carbonyl (C=O) groups excluding carboxylic acids is 1. The van der Waals surface area contributed by atoms with E-state index in [1.54, 1.807) is 13.0 Å². The van der Waals surface area contributed by atoms with Crippen molar-refractivity contribution in [2.24, 2.45) is 5.73 Å². The number of nitrogens with two attached hydrogens (primary N) is 1. The van der Waals surface area contributed by atoms with Gasteiger partial charge in [-0.25, -0.2) is 0 Å². The summed E-state index contributed by atoms with van der Waals surface area (Å²) in [6.45, 7) is 2.31. The van der Waals surface area contributed by atoms with Crippen molar-refractivity contribution in [2.45, 2.75) is 32.2 Å². The van der Waals surface area contributed by atoms with Crippen LogP contribution in [0.5, 0.6) is 11.5 Å². The molecule has 1 unspecified atom stereocenters. The topological polar surface area (TPSA) is 81.8 Å². The number of esters is 1. The molecule has 0 heterocycles. The first kappa shape index (κ1) is 13.7. The first-order valence-electron chi connectivity index (χ1n) is 6.49. The lowest BCUT2D eigenvalue weighted by Crippen LogP contribution is -2.19. The number of hydrogen-bond donors (Lipinski definition) is 2. The minimum Gasteiger partial charge on any atom is -0.504 e. The summed E-state index contributed by atoms with van der Waals surface area (Å²) in [5.41, 5.74) is 7.80. The Hall–Kier alpha value is -1.75. The molecule has 0 aromatic heterocycles. The van der Waals surface area contributed by atoms with Crippen LogP contribution in [0.4, 0.5) is 0 Å². The lowest BCUT2D eigenvalue weighted by Gasteiger charge is -2.10. The van der Waals surface area contributed by atoms with Crippen molar-refractivity contribution in [3.63, 3.8) is 0 Å². The molecular weight excluding hydrogens is 246 g/mol. The van der Waals surface area contributed by atoms with E-state index in [-0.39, 0.29) is 30.8 Å². The van der Waals surface area contributed by atoms with Crippen molar-refractivity contribution in [3.05, 3.63) is 23.3 Å². The number of aromatic hydroxyl groups is 1. The molecule has 0 bridgehead atoms. The van der Waals surface area contributed by atoms with Gasteiger partial charge in [-0.15, -0.1) is 0 Å². The van der Waals surface area contributed by atoms with E-state index in [0.717, 1.165) is 17.5 Å². The Morgan fingerprint density at radius 3 is 3.00 bits per heavy atom. The molecule has 1 aromatic carbocycles. The average molecular weight is 265 g/mol. The number of fused-ring (bicyclic) bond motifs is 1. The second-order valence-electron chi connectivity index (χ2n) is 4.62. The van der Waals surface area contributed by atoms with E-state index in [2.05, 4.69) is 0 Å². The van der Waals surface area contributed by atoms with E-state index >= 15 is 0 Å². The monoisotopic (exact) mass is 265 g/mol. The van der Waals surface area contributed by atoms with Gasteiger partial charge in [0.05, 0.1) is 19.6 Å². The molecule has 1 aromatic rings. The minimum absolute atomic E-state index is 0.0654. The van der Waals surface area contributed by atoms with Crippen LogP contribution in [-0.2, 0) is 22.4 Å². The van der Waals surface area contributed by atoms with E-state index in [9.17, 15) is 9.90 Å². The highest BCUT2D eigenvalue weighted by molar-refractivity contribution is 5.69. The van der Waals surface area contributed by atoms with Crippen LogP contribution in [0.1, 0.15) is 24.5 Å². The van der Waals surface area contributed by atoms with Crippen molar-refractivity contribution in [1.82, 2.24) is 0 Å². The second-order valence-corrected chi connectivity index (χ2v) is 4.62. The summed E-state index contributed by atoms with van der Waals surface area (Å²) >= 11 is 0. The van der Waals surface area contributed by atoms with Crippen molar-refractivity contribution < 1.29 is 19.4 Å². The number of phenols is 1. The van der Waals surface area contributed by atoms with Crippen LogP contribution in [0.2, 0.25) is 0 Å². The number of rotatable bonds is 5. The zero-order valence-corrected chi connectivity index (χ0v) is 11.0. The number of phenolic OH excluding ortho intramolecular Hbond substituents is 1. The number of carbonyl (C=O) groups is 1. The van der Waals surface area contributed by atoms with Crippen molar-refractivity contribution in [2.75, 3.05) is 13.2 Å². The molecule has 3 N–H and O–H groups in total. The number of hydrogen-bond acceptors (Lipinski definition) is 5. The predicted molar refractivity (Wildman–Crippen MR) is 70.2 cm³/mol. The maximum atomic E-state index is 11.2. The molecule has 0 fully saturated rings. The van der Waals surface area contributed by atoms with Crippen LogP contribution in [-0.4, -0.2) is 30.3 Å². The van der Waals surface area contributed by atoms with Gasteiger partial charge in [0.1, 0.15) is 0 Å². The standard InChI is InChI=1S/C14H19NO4/c1-2-18-13(16)5-6-19-12-4-3-9-7-10(15)8-11(9)14(12)17/h3-4,10,17H,2,5-8,15H2,1H3. The van der Waals surface area contributed by atoms with Crippen LogP contribution in [0.15, 0.2) is 12.1 Å². The van der Waals surface area contributed by atoms with Crippen molar-refractivity contribution in [3.8, 4) is 11.5 Å². The summed E-state index contributed by atoms with van der Waals surface area (Å²) in [6, 6.07) is 3.70. The smallest absolute Gasteiger partial charge is 0.309 e. The Morgan fingerprint density at radius 1 is 1.47 bits per heavy atom. The molecule has 104 valence electrons. The largest absolute Gasteiger partial charge is 0.504 e. The first-order valence-corrected chi connectivity index (χ1v) is 6.49. The van der Waals surface area contributed by atoms with Gasteiger partial charge in [-0.1, -0.05) is 6.07 Å². The van der Waals surface area contributed by atoms with E-state index in [0.29, 0.717) is 18.8 Å². The third-order valence-electron chi connectivity index (χ3n) is 3.16. The van der Waals surface area contributed by atoms with E-state index in [1.807, 2.05) is 6.07 Å². The molecule has 5 heteroatoms. The van der Waals surface area contributed by atoms with Crippen LogP contribution in [0.3, 0.4) is 0 Å². The van der Waals surface area contributed by atoms with Gasteiger partial charge in [0.25, 0.3) is 0 Å². The van der Waals surface area contributed by atoms with E-state index in [1.165, 1.54) is 0 Å². The normalized spacial score (nSPS) is 17.1. The molecule has 5 nitrogen and oxygen atoms in total. The summed E-state index contributed by atoms with van der Waals surface area (Å²) in [5, 5.41) is 10.1. The molecule has 1 aliphatic rings. The molecule has 0 spiro atoms. The van der Waals surface area contributed by atoms with Gasteiger partial charge in [0.2, 0.25) is 0 Å². The SMILES string of the molecule is CCOC(=O)CCOc1ccc2c(c1O)CC(N)C2. The van der Waals surface area contributed by atoms with Crippen molar-refractivity contribution in [1.29, 1.82) is 0 Å². The number of ether oxygens (including phenoxy) is 2. The van der Waals surface area contributed by atoms with Gasteiger partial charge < -0.3 is 20.3 Å². The molecule has 0 saturated carbocycles.